The molecule has 1 aliphatic rings. The van der Waals surface area contributed by atoms with E-state index in [1.165, 1.54) is 0 Å². The molecule has 4 nitrogen and oxygen atoms in total. The first-order valence-corrected chi connectivity index (χ1v) is 7.57. The number of fused-ring (bicyclic) bond motifs is 2. The molecular formula is C18H16BN2O2. The zero-order valence-corrected chi connectivity index (χ0v) is 13.0. The minimum Gasteiger partial charge on any atom is -0.422 e. The van der Waals surface area contributed by atoms with Crippen LogP contribution in [0.4, 0.5) is 11.4 Å². The van der Waals surface area contributed by atoms with Gasteiger partial charge >= 0.3 is 5.63 Å². The molecule has 0 fully saturated rings. The topological polar surface area (TPSA) is 45.5 Å². The maximum absolute atomic E-state index is 12.4. The van der Waals surface area contributed by atoms with Gasteiger partial charge in [0.15, 0.2) is 7.28 Å². The lowest BCUT2D eigenvalue weighted by Crippen LogP contribution is -2.22. The summed E-state index contributed by atoms with van der Waals surface area (Å²) in [4.78, 5) is 14.4. The molecule has 1 unspecified atom stereocenters. The predicted molar refractivity (Wildman–Crippen MR) is 95.0 cm³/mol. The normalized spacial score (nSPS) is 15.8. The Morgan fingerprint density at radius 2 is 1.96 bits per heavy atom. The Balaban J connectivity index is 1.76. The number of hydrogen-bond acceptors (Lipinski definition) is 4. The molecular weight excluding hydrogens is 287 g/mol. The van der Waals surface area contributed by atoms with Gasteiger partial charge in [-0.15, -0.1) is 0 Å². The van der Waals surface area contributed by atoms with Crippen LogP contribution in [0.1, 0.15) is 11.5 Å². The van der Waals surface area contributed by atoms with E-state index in [0.29, 0.717) is 11.1 Å². The lowest BCUT2D eigenvalue weighted by atomic mass is 9.64. The Bertz CT molecular complexity index is 924. The van der Waals surface area contributed by atoms with Gasteiger partial charge in [-0.05, 0) is 24.3 Å². The maximum Gasteiger partial charge on any atom is 0.340 e. The van der Waals surface area contributed by atoms with Crippen molar-refractivity contribution in [3.05, 3.63) is 64.5 Å². The number of nitrogens with zero attached hydrogens (tertiary/aromatic N) is 1. The number of benzene rings is 2. The molecule has 1 aliphatic heterocycles. The number of rotatable bonds is 2. The van der Waals surface area contributed by atoms with Crippen molar-refractivity contribution < 1.29 is 4.42 Å². The average molecular weight is 303 g/mol. The lowest BCUT2D eigenvalue weighted by Gasteiger charge is -2.14. The van der Waals surface area contributed by atoms with Crippen LogP contribution in [-0.2, 0) is 0 Å². The van der Waals surface area contributed by atoms with Gasteiger partial charge in [0.05, 0.1) is 5.56 Å². The van der Waals surface area contributed by atoms with Crippen LogP contribution in [0.3, 0.4) is 0 Å². The fourth-order valence-electron chi connectivity index (χ4n) is 2.94. The van der Waals surface area contributed by atoms with Gasteiger partial charge in [-0.2, -0.15) is 0 Å². The highest BCUT2D eigenvalue weighted by atomic mass is 16.4. The highest BCUT2D eigenvalue weighted by Crippen LogP contribution is 2.25. The van der Waals surface area contributed by atoms with E-state index < -0.39 is 0 Å². The largest absolute Gasteiger partial charge is 0.422 e. The van der Waals surface area contributed by atoms with Crippen molar-refractivity contribution in [2.75, 3.05) is 24.3 Å². The molecule has 3 aromatic rings. The Labute approximate surface area is 135 Å². The highest BCUT2D eigenvalue weighted by molar-refractivity contribution is 6.59. The molecule has 1 radical (unpaired) electrons. The van der Waals surface area contributed by atoms with E-state index in [1.807, 2.05) is 67.5 Å². The molecule has 2 aromatic carbocycles. The van der Waals surface area contributed by atoms with Gasteiger partial charge in [0.1, 0.15) is 5.58 Å². The number of hydrogen-bond donors (Lipinski definition) is 1. The first-order chi connectivity index (χ1) is 11.1. The van der Waals surface area contributed by atoms with Crippen LogP contribution in [0.15, 0.2) is 57.7 Å². The minimum atomic E-state index is -0.296. The maximum atomic E-state index is 12.4. The molecule has 1 N–H and O–H groups in total. The fraction of sp³-hybridized carbons (Fsp3) is 0.167. The highest BCUT2D eigenvalue weighted by Gasteiger charge is 2.26. The summed E-state index contributed by atoms with van der Waals surface area (Å²) in [6, 6.07) is 15.8. The summed E-state index contributed by atoms with van der Waals surface area (Å²) in [5, 5.41) is 4.29. The molecule has 1 aromatic heterocycles. The summed E-state index contributed by atoms with van der Waals surface area (Å²) < 4.78 is 5.55. The molecule has 0 saturated carbocycles. The smallest absolute Gasteiger partial charge is 0.340 e. The van der Waals surface area contributed by atoms with Crippen molar-refractivity contribution in [3.8, 4) is 0 Å². The van der Waals surface area contributed by atoms with Gasteiger partial charge in [-0.3, -0.25) is 0 Å². The third-order valence-corrected chi connectivity index (χ3v) is 4.22. The Kier molecular flexibility index (Phi) is 3.15. The Hall–Kier alpha value is -2.69. The summed E-state index contributed by atoms with van der Waals surface area (Å²) >= 11 is 0. The second-order valence-corrected chi connectivity index (χ2v) is 5.98. The van der Waals surface area contributed by atoms with Crippen molar-refractivity contribution in [1.29, 1.82) is 0 Å². The minimum absolute atomic E-state index is 0.151. The number of anilines is 2. The zero-order chi connectivity index (χ0) is 16.0. The number of nitrogens with one attached hydrogen (secondary N) is 1. The van der Waals surface area contributed by atoms with Crippen LogP contribution in [0.25, 0.3) is 11.0 Å². The Morgan fingerprint density at radius 3 is 2.74 bits per heavy atom. The van der Waals surface area contributed by atoms with Crippen LogP contribution in [0, 0.1) is 0 Å². The van der Waals surface area contributed by atoms with Gasteiger partial charge in [-0.25, -0.2) is 4.79 Å². The van der Waals surface area contributed by atoms with Gasteiger partial charge in [0.2, 0.25) is 0 Å². The molecule has 113 valence electrons. The fourth-order valence-corrected chi connectivity index (χ4v) is 2.94. The van der Waals surface area contributed by atoms with Crippen LogP contribution < -0.4 is 21.3 Å². The summed E-state index contributed by atoms with van der Waals surface area (Å²) in [7, 11) is 5.98. The lowest BCUT2D eigenvalue weighted by molar-refractivity contribution is 0.551. The third kappa shape index (κ3) is 2.38. The van der Waals surface area contributed by atoms with Crippen molar-refractivity contribution >= 4 is 35.1 Å². The zero-order valence-electron chi connectivity index (χ0n) is 13.0. The van der Waals surface area contributed by atoms with E-state index in [0.717, 1.165) is 22.2 Å². The Morgan fingerprint density at radius 1 is 1.13 bits per heavy atom. The second kappa shape index (κ2) is 5.20. The van der Waals surface area contributed by atoms with E-state index in [4.69, 9.17) is 4.42 Å². The summed E-state index contributed by atoms with van der Waals surface area (Å²) in [5.74, 6) is -0.151. The van der Waals surface area contributed by atoms with Crippen LogP contribution >= 0.6 is 0 Å². The monoisotopic (exact) mass is 303 g/mol. The van der Waals surface area contributed by atoms with E-state index in [1.54, 1.807) is 0 Å². The SMILES string of the molecule is CN(C)c1ccc2cc(C3[B]c4ccccc4N3)c(=O)oc2c1. The second-order valence-electron chi connectivity index (χ2n) is 5.98. The first kappa shape index (κ1) is 13.9. The molecule has 0 amide bonds. The summed E-state index contributed by atoms with van der Waals surface area (Å²) in [5.41, 5.74) is 4.10. The van der Waals surface area contributed by atoms with Gasteiger partial charge < -0.3 is 14.6 Å². The predicted octanol–water partition coefficient (Wildman–Crippen LogP) is 2.31. The molecule has 0 spiro atoms. The van der Waals surface area contributed by atoms with Crippen LogP contribution in [0.2, 0.25) is 0 Å². The summed E-state index contributed by atoms with van der Waals surface area (Å²) in [6.45, 7) is 0. The molecule has 23 heavy (non-hydrogen) atoms. The standard InChI is InChI=1S/C18H16BN2O2/c1-21(2)12-8-7-11-9-13(18(22)23-16(11)10-12)17-19-14-5-3-4-6-15(14)20-17/h3-10,17,20H,1-2H3. The van der Waals surface area contributed by atoms with E-state index >= 15 is 0 Å². The van der Waals surface area contributed by atoms with E-state index in [9.17, 15) is 4.79 Å². The van der Waals surface area contributed by atoms with Gasteiger partial charge in [0.25, 0.3) is 0 Å². The van der Waals surface area contributed by atoms with Crippen LogP contribution in [0.5, 0.6) is 0 Å². The summed E-state index contributed by atoms with van der Waals surface area (Å²) in [6.07, 6.45) is 0. The molecule has 0 bridgehead atoms. The van der Waals surface area contributed by atoms with Crippen molar-refractivity contribution in [1.82, 2.24) is 0 Å². The first-order valence-electron chi connectivity index (χ1n) is 7.57. The third-order valence-electron chi connectivity index (χ3n) is 4.22. The van der Waals surface area contributed by atoms with Gasteiger partial charge in [0, 0.05) is 42.9 Å². The molecule has 1 atom stereocenters. The van der Waals surface area contributed by atoms with E-state index in [2.05, 4.69) is 12.6 Å². The number of para-hydroxylation sites is 1. The average Bonchev–Trinajstić information content (AvgIpc) is 2.97. The van der Waals surface area contributed by atoms with E-state index in [-0.39, 0.29) is 11.6 Å². The van der Waals surface area contributed by atoms with Crippen molar-refractivity contribution in [2.24, 2.45) is 0 Å². The molecule has 2 heterocycles. The molecule has 0 saturated heterocycles. The van der Waals surface area contributed by atoms with Gasteiger partial charge in [-0.1, -0.05) is 23.7 Å². The van der Waals surface area contributed by atoms with Crippen LogP contribution in [-0.4, -0.2) is 21.4 Å². The quantitative estimate of drug-likeness (QED) is 0.583. The molecule has 4 rings (SSSR count). The molecule has 0 aliphatic carbocycles. The van der Waals surface area contributed by atoms with Crippen molar-refractivity contribution in [3.63, 3.8) is 0 Å². The van der Waals surface area contributed by atoms with Crippen molar-refractivity contribution in [2.45, 2.75) is 5.94 Å². The molecule has 5 heteroatoms.